The number of methoxy groups -OCH3 is 1. The summed E-state index contributed by atoms with van der Waals surface area (Å²) in [6.07, 6.45) is 0.871. The lowest BCUT2D eigenvalue weighted by Gasteiger charge is -2.17. The van der Waals surface area contributed by atoms with Crippen LogP contribution in [0, 0.1) is 10.1 Å². The fourth-order valence-corrected chi connectivity index (χ4v) is 3.03. The lowest BCUT2D eigenvalue weighted by atomic mass is 10.1. The number of nitrogens with zero attached hydrogens (tertiary/aromatic N) is 2. The van der Waals surface area contributed by atoms with Crippen LogP contribution in [0.4, 0.5) is 11.4 Å². The van der Waals surface area contributed by atoms with Crippen molar-refractivity contribution in [2.24, 2.45) is 0 Å². The van der Waals surface area contributed by atoms with Crippen molar-refractivity contribution in [2.75, 3.05) is 38.6 Å². The molecular formula is C22H28N4O5. The van der Waals surface area contributed by atoms with Crippen LogP contribution in [-0.2, 0) is 0 Å². The molecule has 2 aromatic rings. The van der Waals surface area contributed by atoms with E-state index >= 15 is 0 Å². The highest BCUT2D eigenvalue weighted by Crippen LogP contribution is 2.27. The molecule has 0 aliphatic rings. The van der Waals surface area contributed by atoms with Crippen molar-refractivity contribution in [2.45, 2.75) is 20.3 Å². The third-order valence-corrected chi connectivity index (χ3v) is 4.87. The number of hydrogen-bond donors (Lipinski definition) is 2. The maximum Gasteiger partial charge on any atom is 0.311 e. The van der Waals surface area contributed by atoms with Crippen LogP contribution in [0.15, 0.2) is 42.5 Å². The van der Waals surface area contributed by atoms with Crippen molar-refractivity contribution in [3.05, 3.63) is 63.7 Å². The summed E-state index contributed by atoms with van der Waals surface area (Å²) in [6, 6.07) is 10.4. The van der Waals surface area contributed by atoms with Gasteiger partial charge in [-0.1, -0.05) is 13.8 Å². The number of amides is 2. The molecule has 2 amide bonds. The van der Waals surface area contributed by atoms with E-state index in [2.05, 4.69) is 29.4 Å². The molecule has 31 heavy (non-hydrogen) atoms. The highest BCUT2D eigenvalue weighted by Gasteiger charge is 2.18. The molecule has 2 aromatic carbocycles. The highest BCUT2D eigenvalue weighted by molar-refractivity contribution is 6.05. The third kappa shape index (κ3) is 6.78. The van der Waals surface area contributed by atoms with Gasteiger partial charge in [-0.05, 0) is 62.5 Å². The van der Waals surface area contributed by atoms with Gasteiger partial charge in [0.1, 0.15) is 0 Å². The molecule has 0 spiro atoms. The van der Waals surface area contributed by atoms with Crippen LogP contribution in [0.2, 0.25) is 0 Å². The summed E-state index contributed by atoms with van der Waals surface area (Å²) in [5, 5.41) is 16.7. The summed E-state index contributed by atoms with van der Waals surface area (Å²) in [5.74, 6) is -0.600. The Morgan fingerprint density at radius 3 is 2.26 bits per heavy atom. The van der Waals surface area contributed by atoms with Gasteiger partial charge in [-0.3, -0.25) is 19.7 Å². The van der Waals surface area contributed by atoms with Gasteiger partial charge in [0.15, 0.2) is 5.75 Å². The lowest BCUT2D eigenvalue weighted by Crippen LogP contribution is -2.29. The Morgan fingerprint density at radius 2 is 1.68 bits per heavy atom. The standard InChI is InChI=1S/C22H28N4O5/c1-4-25(5-2)14-6-13-23-21(27)16-7-10-18(11-8-16)24-22(28)17-9-12-20(31-3)19(15-17)26(29)30/h7-12,15H,4-6,13-14H2,1-3H3,(H,23,27)(H,24,28). The second-order valence-electron chi connectivity index (χ2n) is 6.81. The van der Waals surface area contributed by atoms with E-state index in [1.165, 1.54) is 19.2 Å². The molecule has 0 saturated carbocycles. The number of benzene rings is 2. The van der Waals surface area contributed by atoms with E-state index in [0.29, 0.717) is 17.8 Å². The number of carbonyl (C=O) groups is 2. The number of carbonyl (C=O) groups excluding carboxylic acids is 2. The van der Waals surface area contributed by atoms with E-state index in [9.17, 15) is 19.7 Å². The Labute approximate surface area is 181 Å². The topological polar surface area (TPSA) is 114 Å². The van der Waals surface area contributed by atoms with Crippen molar-refractivity contribution >= 4 is 23.2 Å². The largest absolute Gasteiger partial charge is 0.490 e. The normalized spacial score (nSPS) is 10.6. The number of rotatable bonds is 11. The first kappa shape index (κ1) is 23.8. The Balaban J connectivity index is 1.93. The fourth-order valence-electron chi connectivity index (χ4n) is 3.03. The average Bonchev–Trinajstić information content (AvgIpc) is 2.79. The predicted octanol–water partition coefficient (Wildman–Crippen LogP) is 3.32. The maximum absolute atomic E-state index is 12.4. The molecule has 0 unspecified atom stereocenters. The smallest absolute Gasteiger partial charge is 0.311 e. The van der Waals surface area contributed by atoms with Gasteiger partial charge >= 0.3 is 5.69 Å². The Kier molecular flexibility index (Phi) is 8.95. The minimum absolute atomic E-state index is 0.0778. The summed E-state index contributed by atoms with van der Waals surface area (Å²) < 4.78 is 4.94. The molecule has 0 saturated heterocycles. The van der Waals surface area contributed by atoms with Gasteiger partial charge in [0.2, 0.25) is 0 Å². The molecule has 0 bridgehead atoms. The first-order chi connectivity index (χ1) is 14.9. The van der Waals surface area contributed by atoms with Crippen LogP contribution < -0.4 is 15.4 Å². The molecule has 0 aromatic heterocycles. The van der Waals surface area contributed by atoms with Crippen LogP contribution in [0.3, 0.4) is 0 Å². The van der Waals surface area contributed by atoms with Gasteiger partial charge in [0.05, 0.1) is 12.0 Å². The first-order valence-electron chi connectivity index (χ1n) is 10.1. The lowest BCUT2D eigenvalue weighted by molar-refractivity contribution is -0.385. The zero-order valence-electron chi connectivity index (χ0n) is 18.0. The van der Waals surface area contributed by atoms with Gasteiger partial charge in [-0.2, -0.15) is 0 Å². The zero-order valence-corrected chi connectivity index (χ0v) is 18.0. The average molecular weight is 428 g/mol. The molecule has 9 heteroatoms. The monoisotopic (exact) mass is 428 g/mol. The molecule has 0 aliphatic heterocycles. The molecule has 0 aliphatic carbocycles. The summed E-state index contributed by atoms with van der Waals surface area (Å²) in [5.41, 5.74) is 0.799. The van der Waals surface area contributed by atoms with E-state index in [4.69, 9.17) is 4.74 Å². The predicted molar refractivity (Wildman–Crippen MR) is 119 cm³/mol. The minimum atomic E-state index is -0.606. The molecule has 9 nitrogen and oxygen atoms in total. The zero-order chi connectivity index (χ0) is 22.8. The number of nitro benzene ring substituents is 1. The van der Waals surface area contributed by atoms with Crippen LogP contribution in [0.5, 0.6) is 5.75 Å². The molecular weight excluding hydrogens is 400 g/mol. The molecule has 0 heterocycles. The van der Waals surface area contributed by atoms with Crippen molar-refractivity contribution in [1.82, 2.24) is 10.2 Å². The van der Waals surface area contributed by atoms with Crippen molar-refractivity contribution in [1.29, 1.82) is 0 Å². The number of hydrogen-bond acceptors (Lipinski definition) is 6. The molecule has 0 fully saturated rings. The third-order valence-electron chi connectivity index (χ3n) is 4.87. The van der Waals surface area contributed by atoms with E-state index in [0.717, 1.165) is 32.1 Å². The van der Waals surface area contributed by atoms with Crippen LogP contribution in [0.25, 0.3) is 0 Å². The second-order valence-corrected chi connectivity index (χ2v) is 6.81. The Bertz CT molecular complexity index is 911. The highest BCUT2D eigenvalue weighted by atomic mass is 16.6. The van der Waals surface area contributed by atoms with Crippen LogP contribution in [0.1, 0.15) is 41.0 Å². The number of anilines is 1. The SMILES string of the molecule is CCN(CC)CCCNC(=O)c1ccc(NC(=O)c2ccc(OC)c([N+](=O)[O-])c2)cc1. The summed E-state index contributed by atoms with van der Waals surface area (Å²) in [4.78, 5) is 37.5. The van der Waals surface area contributed by atoms with Crippen molar-refractivity contribution < 1.29 is 19.2 Å². The summed E-state index contributed by atoms with van der Waals surface area (Å²) in [7, 11) is 1.32. The molecule has 0 radical (unpaired) electrons. The van der Waals surface area contributed by atoms with Crippen molar-refractivity contribution in [3.8, 4) is 5.75 Å². The molecule has 0 atom stereocenters. The number of nitrogens with one attached hydrogen (secondary N) is 2. The second kappa shape index (κ2) is 11.7. The van der Waals surface area contributed by atoms with Gasteiger partial charge in [0.25, 0.3) is 11.8 Å². The number of ether oxygens (including phenoxy) is 1. The van der Waals surface area contributed by atoms with Gasteiger partial charge < -0.3 is 20.3 Å². The Morgan fingerprint density at radius 1 is 1.03 bits per heavy atom. The number of nitro groups is 1. The van der Waals surface area contributed by atoms with Crippen LogP contribution >= 0.6 is 0 Å². The quantitative estimate of drug-likeness (QED) is 0.322. The van der Waals surface area contributed by atoms with Gasteiger partial charge in [-0.15, -0.1) is 0 Å². The van der Waals surface area contributed by atoms with Crippen LogP contribution in [-0.4, -0.2) is 54.9 Å². The van der Waals surface area contributed by atoms with E-state index in [1.54, 1.807) is 24.3 Å². The van der Waals surface area contributed by atoms with Gasteiger partial charge in [-0.25, -0.2) is 0 Å². The fraction of sp³-hybridized carbons (Fsp3) is 0.364. The van der Waals surface area contributed by atoms with Crippen molar-refractivity contribution in [3.63, 3.8) is 0 Å². The van der Waals surface area contributed by atoms with E-state index in [-0.39, 0.29) is 22.9 Å². The van der Waals surface area contributed by atoms with Gasteiger partial charge in [0, 0.05) is 29.4 Å². The first-order valence-corrected chi connectivity index (χ1v) is 10.1. The Hall–Kier alpha value is -3.46. The summed E-state index contributed by atoms with van der Waals surface area (Å²) in [6.45, 7) is 7.71. The molecule has 2 N–H and O–H groups in total. The van der Waals surface area contributed by atoms with E-state index < -0.39 is 10.8 Å². The minimum Gasteiger partial charge on any atom is -0.490 e. The molecule has 2 rings (SSSR count). The summed E-state index contributed by atoms with van der Waals surface area (Å²) >= 11 is 0. The van der Waals surface area contributed by atoms with E-state index in [1.807, 2.05) is 0 Å². The maximum atomic E-state index is 12.4. The molecule has 166 valence electrons.